The van der Waals surface area contributed by atoms with Gasteiger partial charge in [-0.1, -0.05) is 30.3 Å². The molecule has 1 saturated heterocycles. The minimum Gasteiger partial charge on any atom is -0.420 e. The molecule has 1 aromatic heterocycles. The fraction of sp³-hybridized carbons (Fsp3) is 0.333. The van der Waals surface area contributed by atoms with Gasteiger partial charge in [0, 0.05) is 19.2 Å². The van der Waals surface area contributed by atoms with E-state index in [0.29, 0.717) is 30.6 Å². The summed E-state index contributed by atoms with van der Waals surface area (Å²) in [6.07, 6.45) is 3.89. The molecule has 0 aliphatic carbocycles. The Morgan fingerprint density at radius 1 is 1.17 bits per heavy atom. The topological polar surface area (TPSA) is 62.3 Å². The maximum Gasteiger partial charge on any atom is 0.235 e. The van der Waals surface area contributed by atoms with Gasteiger partial charge in [-0.25, -0.2) is 0 Å². The van der Waals surface area contributed by atoms with Gasteiger partial charge < -0.3 is 14.1 Å². The minimum atomic E-state index is 0.0960. The number of aromatic nitrogens is 1. The van der Waals surface area contributed by atoms with Gasteiger partial charge in [0.25, 0.3) is 0 Å². The maximum absolute atomic E-state index is 9.32. The minimum absolute atomic E-state index is 0.0960. The van der Waals surface area contributed by atoms with E-state index in [2.05, 4.69) is 11.1 Å². The van der Waals surface area contributed by atoms with Crippen LogP contribution in [0.25, 0.3) is 12.2 Å². The number of ether oxygens (including phenoxy) is 1. The molecule has 118 valence electrons. The standard InChI is InChI=1S/C18H19N3O2/c1-13-11-21(12-14(2)22-13)18-16(10-19)20-17(23-18)9-8-15-6-4-3-5-7-15/h3-9,13-14H,11-12H2,1-2H3/b9-8+/t13-,14+. The molecule has 0 N–H and O–H groups in total. The SMILES string of the molecule is C[C@@H]1CN(c2oc(/C=C/c3ccccc3)nc2C#N)C[C@H](C)O1. The lowest BCUT2D eigenvalue weighted by Crippen LogP contribution is -2.45. The number of nitrogens with zero attached hydrogens (tertiary/aromatic N) is 3. The molecule has 3 rings (SSSR count). The van der Waals surface area contributed by atoms with Crippen molar-refractivity contribution < 1.29 is 9.15 Å². The van der Waals surface area contributed by atoms with Crippen LogP contribution in [0.2, 0.25) is 0 Å². The Kier molecular flexibility index (Phi) is 4.45. The van der Waals surface area contributed by atoms with Crippen LogP contribution in [-0.4, -0.2) is 30.3 Å². The van der Waals surface area contributed by atoms with Crippen molar-refractivity contribution in [2.24, 2.45) is 0 Å². The Bertz CT molecular complexity index is 720. The van der Waals surface area contributed by atoms with Crippen molar-refractivity contribution in [1.82, 2.24) is 4.98 Å². The molecule has 5 nitrogen and oxygen atoms in total. The third-order valence-corrected chi connectivity index (χ3v) is 3.66. The second-order valence-corrected chi connectivity index (χ2v) is 5.72. The fourth-order valence-electron chi connectivity index (χ4n) is 2.76. The molecular formula is C18H19N3O2. The van der Waals surface area contributed by atoms with Gasteiger partial charge >= 0.3 is 0 Å². The number of morpholine rings is 1. The Morgan fingerprint density at radius 2 is 1.87 bits per heavy atom. The van der Waals surface area contributed by atoms with Crippen LogP contribution in [0.5, 0.6) is 0 Å². The van der Waals surface area contributed by atoms with Crippen LogP contribution in [0, 0.1) is 11.3 Å². The third kappa shape index (κ3) is 3.61. The van der Waals surface area contributed by atoms with Gasteiger partial charge in [0.2, 0.25) is 17.5 Å². The Morgan fingerprint density at radius 3 is 2.52 bits per heavy atom. The average Bonchev–Trinajstić information content (AvgIpc) is 2.96. The molecule has 2 aromatic rings. The molecule has 0 saturated carbocycles. The number of benzene rings is 1. The molecule has 0 spiro atoms. The Labute approximate surface area is 135 Å². The number of hydrogen-bond donors (Lipinski definition) is 0. The zero-order chi connectivity index (χ0) is 16.2. The van der Waals surface area contributed by atoms with Crippen molar-refractivity contribution >= 4 is 18.0 Å². The number of nitriles is 1. The van der Waals surface area contributed by atoms with Gasteiger partial charge in [0.1, 0.15) is 6.07 Å². The highest BCUT2D eigenvalue weighted by Crippen LogP contribution is 2.26. The van der Waals surface area contributed by atoms with Crippen molar-refractivity contribution in [3.8, 4) is 6.07 Å². The predicted octanol–water partition coefficient (Wildman–Crippen LogP) is 3.33. The zero-order valence-corrected chi connectivity index (χ0v) is 13.3. The molecule has 0 bridgehead atoms. The lowest BCUT2D eigenvalue weighted by atomic mass is 10.2. The number of oxazole rings is 1. The molecule has 5 heteroatoms. The van der Waals surface area contributed by atoms with Gasteiger partial charge in [-0.2, -0.15) is 10.2 Å². The van der Waals surface area contributed by atoms with Crippen molar-refractivity contribution in [3.63, 3.8) is 0 Å². The van der Waals surface area contributed by atoms with E-state index in [0.717, 1.165) is 5.56 Å². The lowest BCUT2D eigenvalue weighted by molar-refractivity contribution is -0.00642. The highest BCUT2D eigenvalue weighted by molar-refractivity contribution is 5.67. The second-order valence-electron chi connectivity index (χ2n) is 5.72. The maximum atomic E-state index is 9.32. The van der Waals surface area contributed by atoms with E-state index in [1.807, 2.05) is 55.2 Å². The molecule has 1 aliphatic rings. The lowest BCUT2D eigenvalue weighted by Gasteiger charge is -2.34. The molecule has 1 fully saturated rings. The van der Waals surface area contributed by atoms with Crippen molar-refractivity contribution in [2.75, 3.05) is 18.0 Å². The first kappa shape index (κ1) is 15.3. The quantitative estimate of drug-likeness (QED) is 0.870. The van der Waals surface area contributed by atoms with Crippen LogP contribution in [0.3, 0.4) is 0 Å². The van der Waals surface area contributed by atoms with E-state index < -0.39 is 0 Å². The van der Waals surface area contributed by atoms with Gasteiger partial charge in [-0.3, -0.25) is 0 Å². The summed E-state index contributed by atoms with van der Waals surface area (Å²) in [6, 6.07) is 12.0. The predicted molar refractivity (Wildman–Crippen MR) is 88.8 cm³/mol. The summed E-state index contributed by atoms with van der Waals surface area (Å²) in [5.74, 6) is 0.967. The summed E-state index contributed by atoms with van der Waals surface area (Å²) < 4.78 is 11.5. The van der Waals surface area contributed by atoms with Gasteiger partial charge in [0.15, 0.2) is 0 Å². The summed E-state index contributed by atoms with van der Waals surface area (Å²) in [7, 11) is 0. The largest absolute Gasteiger partial charge is 0.420 e. The van der Waals surface area contributed by atoms with Crippen molar-refractivity contribution in [2.45, 2.75) is 26.1 Å². The summed E-state index contributed by atoms with van der Waals surface area (Å²) in [6.45, 7) is 5.41. The summed E-state index contributed by atoms with van der Waals surface area (Å²) in [5, 5.41) is 9.32. The van der Waals surface area contributed by atoms with Crippen LogP contribution >= 0.6 is 0 Å². The highest BCUT2D eigenvalue weighted by Gasteiger charge is 2.27. The van der Waals surface area contributed by atoms with Crippen molar-refractivity contribution in [3.05, 3.63) is 47.5 Å². The van der Waals surface area contributed by atoms with Crippen LogP contribution in [-0.2, 0) is 4.74 Å². The molecular weight excluding hydrogens is 290 g/mol. The Balaban J connectivity index is 1.83. The van der Waals surface area contributed by atoms with Crippen LogP contribution in [0.15, 0.2) is 34.7 Å². The summed E-state index contributed by atoms with van der Waals surface area (Å²) in [5.41, 5.74) is 1.37. The molecule has 2 atom stereocenters. The first-order chi connectivity index (χ1) is 11.2. The molecule has 1 aromatic carbocycles. The van der Waals surface area contributed by atoms with Gasteiger partial charge in [0.05, 0.1) is 12.2 Å². The molecule has 0 amide bonds. The summed E-state index contributed by atoms with van der Waals surface area (Å²) in [4.78, 5) is 6.30. The zero-order valence-electron chi connectivity index (χ0n) is 13.3. The monoisotopic (exact) mass is 309 g/mol. The molecule has 23 heavy (non-hydrogen) atoms. The molecule has 1 aliphatic heterocycles. The van der Waals surface area contributed by atoms with E-state index in [1.165, 1.54) is 0 Å². The summed E-state index contributed by atoms with van der Waals surface area (Å²) >= 11 is 0. The highest BCUT2D eigenvalue weighted by atomic mass is 16.5. The number of rotatable bonds is 3. The third-order valence-electron chi connectivity index (χ3n) is 3.66. The van der Waals surface area contributed by atoms with E-state index in [-0.39, 0.29) is 12.2 Å². The number of hydrogen-bond acceptors (Lipinski definition) is 5. The normalized spacial score (nSPS) is 21.5. The average molecular weight is 309 g/mol. The van der Waals surface area contributed by atoms with Crippen molar-refractivity contribution in [1.29, 1.82) is 5.26 Å². The van der Waals surface area contributed by atoms with E-state index >= 15 is 0 Å². The van der Waals surface area contributed by atoms with Gasteiger partial charge in [-0.05, 0) is 25.5 Å². The fourth-order valence-corrected chi connectivity index (χ4v) is 2.76. The van der Waals surface area contributed by atoms with E-state index in [4.69, 9.17) is 9.15 Å². The second kappa shape index (κ2) is 6.67. The molecule has 0 unspecified atom stereocenters. The van der Waals surface area contributed by atoms with E-state index in [9.17, 15) is 5.26 Å². The molecule has 2 heterocycles. The van der Waals surface area contributed by atoms with Gasteiger partial charge in [-0.15, -0.1) is 0 Å². The first-order valence-corrected chi connectivity index (χ1v) is 7.70. The van der Waals surface area contributed by atoms with Crippen LogP contribution in [0.1, 0.15) is 31.0 Å². The number of anilines is 1. The van der Waals surface area contributed by atoms with E-state index in [1.54, 1.807) is 6.08 Å². The Hall–Kier alpha value is -2.58. The van der Waals surface area contributed by atoms with Crippen LogP contribution < -0.4 is 4.90 Å². The van der Waals surface area contributed by atoms with Crippen LogP contribution in [0.4, 0.5) is 5.88 Å². The first-order valence-electron chi connectivity index (χ1n) is 7.70. The smallest absolute Gasteiger partial charge is 0.235 e. The molecule has 0 radical (unpaired) electrons.